The molecule has 4 heteroatoms. The van der Waals surface area contributed by atoms with Crippen molar-refractivity contribution in [2.24, 2.45) is 5.73 Å². The number of anilines is 1. The van der Waals surface area contributed by atoms with Gasteiger partial charge in [-0.05, 0) is 11.6 Å². The van der Waals surface area contributed by atoms with Crippen LogP contribution in [0.5, 0.6) is 0 Å². The van der Waals surface area contributed by atoms with E-state index in [1.165, 1.54) is 0 Å². The topological polar surface area (TPSA) is 51.4 Å². The van der Waals surface area contributed by atoms with Crippen molar-refractivity contribution in [2.75, 3.05) is 32.2 Å². The van der Waals surface area contributed by atoms with Gasteiger partial charge in [0.15, 0.2) is 0 Å². The summed E-state index contributed by atoms with van der Waals surface area (Å²) >= 11 is 0. The molecule has 78 valence electrons. The van der Waals surface area contributed by atoms with Gasteiger partial charge in [0.25, 0.3) is 0 Å². The molecule has 0 unspecified atom stereocenters. The summed E-state index contributed by atoms with van der Waals surface area (Å²) < 4.78 is 4.99. The third-order valence-corrected chi connectivity index (χ3v) is 2.07. The van der Waals surface area contributed by atoms with E-state index in [4.69, 9.17) is 10.5 Å². The summed E-state index contributed by atoms with van der Waals surface area (Å²) in [5.74, 6) is 0.944. The molecule has 0 spiro atoms. The molecular weight excluding hydrogens is 178 g/mol. The third-order valence-electron chi connectivity index (χ3n) is 2.07. The minimum absolute atomic E-state index is 0.537. The molecule has 0 aromatic carbocycles. The van der Waals surface area contributed by atoms with Gasteiger partial charge in [-0.15, -0.1) is 0 Å². The van der Waals surface area contributed by atoms with Gasteiger partial charge in [-0.3, -0.25) is 0 Å². The summed E-state index contributed by atoms with van der Waals surface area (Å²) in [7, 11) is 3.68. The van der Waals surface area contributed by atoms with Gasteiger partial charge in [-0.2, -0.15) is 0 Å². The van der Waals surface area contributed by atoms with Crippen LogP contribution >= 0.6 is 0 Å². The minimum Gasteiger partial charge on any atom is -0.383 e. The average molecular weight is 195 g/mol. The molecule has 14 heavy (non-hydrogen) atoms. The number of rotatable bonds is 5. The summed E-state index contributed by atoms with van der Waals surface area (Å²) in [6.07, 6.45) is 1.80. The fraction of sp³-hybridized carbons (Fsp3) is 0.500. The van der Waals surface area contributed by atoms with Gasteiger partial charge in [0.2, 0.25) is 0 Å². The number of nitrogens with two attached hydrogens (primary N) is 1. The standard InChI is InChI=1S/C10H17N3O/c1-13(5-6-14-2)10-4-3-9(7-11)8-12-10/h3-4,8H,5-7,11H2,1-2H3. The Hall–Kier alpha value is -1.13. The molecule has 0 bridgehead atoms. The quantitative estimate of drug-likeness (QED) is 0.748. The maximum absolute atomic E-state index is 5.48. The van der Waals surface area contributed by atoms with Crippen LogP contribution in [0.15, 0.2) is 18.3 Å². The zero-order chi connectivity index (χ0) is 10.4. The van der Waals surface area contributed by atoms with Crippen molar-refractivity contribution in [3.05, 3.63) is 23.9 Å². The van der Waals surface area contributed by atoms with Crippen LogP contribution in [0.1, 0.15) is 5.56 Å². The Balaban J connectivity index is 2.57. The molecule has 1 heterocycles. The number of hydrogen-bond donors (Lipinski definition) is 1. The van der Waals surface area contributed by atoms with Crippen LogP contribution in [0.3, 0.4) is 0 Å². The molecule has 0 saturated carbocycles. The Morgan fingerprint density at radius 2 is 2.29 bits per heavy atom. The highest BCUT2D eigenvalue weighted by Gasteiger charge is 2.00. The van der Waals surface area contributed by atoms with E-state index in [1.807, 2.05) is 24.1 Å². The Morgan fingerprint density at radius 3 is 2.79 bits per heavy atom. The maximum Gasteiger partial charge on any atom is 0.128 e. The summed E-state index contributed by atoms with van der Waals surface area (Å²) in [5, 5.41) is 0. The molecule has 0 aliphatic carbocycles. The molecule has 0 amide bonds. The molecule has 0 radical (unpaired) electrons. The second kappa shape index (κ2) is 5.57. The van der Waals surface area contributed by atoms with E-state index in [1.54, 1.807) is 13.3 Å². The van der Waals surface area contributed by atoms with Crippen molar-refractivity contribution < 1.29 is 4.74 Å². The predicted molar refractivity (Wildman–Crippen MR) is 57.3 cm³/mol. The number of aromatic nitrogens is 1. The second-order valence-electron chi connectivity index (χ2n) is 3.14. The van der Waals surface area contributed by atoms with Crippen molar-refractivity contribution in [3.63, 3.8) is 0 Å². The van der Waals surface area contributed by atoms with E-state index < -0.39 is 0 Å². The number of ether oxygens (including phenoxy) is 1. The average Bonchev–Trinajstić information content (AvgIpc) is 2.26. The number of methoxy groups -OCH3 is 1. The Kier molecular flexibility index (Phi) is 4.35. The highest BCUT2D eigenvalue weighted by atomic mass is 16.5. The lowest BCUT2D eigenvalue weighted by atomic mass is 10.3. The van der Waals surface area contributed by atoms with Gasteiger partial charge in [-0.25, -0.2) is 4.98 Å². The molecule has 0 fully saturated rings. The summed E-state index contributed by atoms with van der Waals surface area (Å²) in [4.78, 5) is 6.34. The zero-order valence-electron chi connectivity index (χ0n) is 8.73. The first-order valence-electron chi connectivity index (χ1n) is 4.63. The Bertz CT molecular complexity index is 261. The van der Waals surface area contributed by atoms with E-state index in [0.717, 1.165) is 17.9 Å². The van der Waals surface area contributed by atoms with Gasteiger partial charge < -0.3 is 15.4 Å². The van der Waals surface area contributed by atoms with E-state index >= 15 is 0 Å². The monoisotopic (exact) mass is 195 g/mol. The summed E-state index contributed by atoms with van der Waals surface area (Å²) in [5.41, 5.74) is 6.53. The van der Waals surface area contributed by atoms with Crippen LogP contribution in [0.2, 0.25) is 0 Å². The van der Waals surface area contributed by atoms with Gasteiger partial charge in [0.1, 0.15) is 5.82 Å². The van der Waals surface area contributed by atoms with E-state index in [0.29, 0.717) is 13.2 Å². The fourth-order valence-corrected chi connectivity index (χ4v) is 1.11. The summed E-state index contributed by atoms with van der Waals surface area (Å²) in [6, 6.07) is 3.96. The highest BCUT2D eigenvalue weighted by Crippen LogP contribution is 2.08. The van der Waals surface area contributed by atoms with Gasteiger partial charge in [-0.1, -0.05) is 6.07 Å². The van der Waals surface area contributed by atoms with Crippen molar-refractivity contribution in [2.45, 2.75) is 6.54 Å². The first-order chi connectivity index (χ1) is 6.77. The molecule has 2 N–H and O–H groups in total. The third kappa shape index (κ3) is 2.97. The van der Waals surface area contributed by atoms with Gasteiger partial charge in [0.05, 0.1) is 6.61 Å². The van der Waals surface area contributed by atoms with Crippen LogP contribution in [0.25, 0.3) is 0 Å². The molecule has 0 aliphatic heterocycles. The fourth-order valence-electron chi connectivity index (χ4n) is 1.11. The Morgan fingerprint density at radius 1 is 1.50 bits per heavy atom. The van der Waals surface area contributed by atoms with Crippen LogP contribution in [-0.4, -0.2) is 32.3 Å². The smallest absolute Gasteiger partial charge is 0.128 e. The molecular formula is C10H17N3O. The highest BCUT2D eigenvalue weighted by molar-refractivity contribution is 5.38. The molecule has 1 aromatic rings. The van der Waals surface area contributed by atoms with Crippen LogP contribution in [0.4, 0.5) is 5.82 Å². The van der Waals surface area contributed by atoms with Crippen molar-refractivity contribution in [3.8, 4) is 0 Å². The lowest BCUT2D eigenvalue weighted by Crippen LogP contribution is -2.22. The number of nitrogens with zero attached hydrogens (tertiary/aromatic N) is 2. The van der Waals surface area contributed by atoms with Crippen molar-refractivity contribution >= 4 is 5.82 Å². The maximum atomic E-state index is 5.48. The largest absolute Gasteiger partial charge is 0.383 e. The minimum atomic E-state index is 0.537. The van der Waals surface area contributed by atoms with E-state index in [-0.39, 0.29) is 0 Å². The summed E-state index contributed by atoms with van der Waals surface area (Å²) in [6.45, 7) is 2.08. The molecule has 4 nitrogen and oxygen atoms in total. The molecule has 0 atom stereocenters. The first kappa shape index (κ1) is 10.9. The lowest BCUT2D eigenvalue weighted by molar-refractivity contribution is 0.206. The molecule has 1 rings (SSSR count). The van der Waals surface area contributed by atoms with Crippen LogP contribution in [0, 0.1) is 0 Å². The number of hydrogen-bond acceptors (Lipinski definition) is 4. The Labute approximate surface area is 84.7 Å². The van der Waals surface area contributed by atoms with Crippen molar-refractivity contribution in [1.29, 1.82) is 0 Å². The zero-order valence-corrected chi connectivity index (χ0v) is 8.73. The normalized spacial score (nSPS) is 10.2. The van der Waals surface area contributed by atoms with Crippen LogP contribution < -0.4 is 10.6 Å². The van der Waals surface area contributed by atoms with Crippen molar-refractivity contribution in [1.82, 2.24) is 4.98 Å². The second-order valence-corrected chi connectivity index (χ2v) is 3.14. The molecule has 1 aromatic heterocycles. The van der Waals surface area contributed by atoms with Gasteiger partial charge in [0, 0.05) is 33.4 Å². The first-order valence-corrected chi connectivity index (χ1v) is 4.63. The van der Waals surface area contributed by atoms with E-state index in [2.05, 4.69) is 4.98 Å². The number of pyridine rings is 1. The van der Waals surface area contributed by atoms with Crippen LogP contribution in [-0.2, 0) is 11.3 Å². The molecule has 0 aliphatic rings. The number of likely N-dealkylation sites (N-methyl/N-ethyl adjacent to an activating group) is 1. The van der Waals surface area contributed by atoms with E-state index in [9.17, 15) is 0 Å². The molecule has 0 saturated heterocycles. The lowest BCUT2D eigenvalue weighted by Gasteiger charge is -2.17. The predicted octanol–water partition coefficient (Wildman–Crippen LogP) is 0.623. The SMILES string of the molecule is COCCN(C)c1ccc(CN)cn1. The van der Waals surface area contributed by atoms with Gasteiger partial charge >= 0.3 is 0 Å².